The SMILES string of the molecule is Cc1nc2ccc(NC(C)c3ccc(F)c(F)c3)cc2s1. The van der Waals surface area contributed by atoms with Crippen molar-refractivity contribution in [3.8, 4) is 0 Å². The first-order valence-electron chi connectivity index (χ1n) is 6.61. The molecule has 0 aliphatic heterocycles. The Hall–Kier alpha value is -2.01. The summed E-state index contributed by atoms with van der Waals surface area (Å²) >= 11 is 1.63. The van der Waals surface area contributed by atoms with Crippen molar-refractivity contribution >= 4 is 27.2 Å². The molecule has 1 atom stereocenters. The van der Waals surface area contributed by atoms with Crippen molar-refractivity contribution in [2.45, 2.75) is 19.9 Å². The third-order valence-electron chi connectivity index (χ3n) is 3.32. The molecule has 21 heavy (non-hydrogen) atoms. The van der Waals surface area contributed by atoms with Crippen molar-refractivity contribution in [3.05, 3.63) is 58.6 Å². The molecule has 0 aliphatic rings. The number of hydrogen-bond acceptors (Lipinski definition) is 3. The van der Waals surface area contributed by atoms with Gasteiger partial charge in [0.25, 0.3) is 0 Å². The standard InChI is InChI=1S/C16H14F2N2S/c1-9(11-3-5-13(17)14(18)7-11)19-12-4-6-15-16(8-12)21-10(2)20-15/h3-9,19H,1-2H3. The van der Waals surface area contributed by atoms with Gasteiger partial charge in [0.2, 0.25) is 0 Å². The van der Waals surface area contributed by atoms with Gasteiger partial charge in [0, 0.05) is 11.7 Å². The maximum atomic E-state index is 13.3. The monoisotopic (exact) mass is 304 g/mol. The van der Waals surface area contributed by atoms with E-state index in [0.717, 1.165) is 27.0 Å². The van der Waals surface area contributed by atoms with Crippen molar-refractivity contribution in [3.63, 3.8) is 0 Å². The molecule has 0 spiro atoms. The van der Waals surface area contributed by atoms with E-state index in [1.165, 1.54) is 6.07 Å². The summed E-state index contributed by atoms with van der Waals surface area (Å²) in [4.78, 5) is 4.41. The molecule has 5 heteroatoms. The summed E-state index contributed by atoms with van der Waals surface area (Å²) in [5.41, 5.74) is 2.61. The van der Waals surface area contributed by atoms with Gasteiger partial charge in [-0.05, 0) is 49.7 Å². The van der Waals surface area contributed by atoms with E-state index in [0.29, 0.717) is 5.56 Å². The molecule has 3 aromatic rings. The van der Waals surface area contributed by atoms with Crippen LogP contribution in [0.25, 0.3) is 10.2 Å². The molecule has 3 rings (SSSR count). The molecule has 108 valence electrons. The lowest BCUT2D eigenvalue weighted by Crippen LogP contribution is -2.07. The molecule has 0 radical (unpaired) electrons. The van der Waals surface area contributed by atoms with Crippen LogP contribution in [0.4, 0.5) is 14.5 Å². The summed E-state index contributed by atoms with van der Waals surface area (Å²) in [6.45, 7) is 3.89. The minimum absolute atomic E-state index is 0.119. The number of anilines is 1. The first-order chi connectivity index (χ1) is 10.0. The van der Waals surface area contributed by atoms with Crippen LogP contribution in [-0.2, 0) is 0 Å². The summed E-state index contributed by atoms with van der Waals surface area (Å²) < 4.78 is 27.4. The average Bonchev–Trinajstić information content (AvgIpc) is 2.81. The van der Waals surface area contributed by atoms with E-state index in [4.69, 9.17) is 0 Å². The first-order valence-corrected chi connectivity index (χ1v) is 7.43. The van der Waals surface area contributed by atoms with Gasteiger partial charge < -0.3 is 5.32 Å². The van der Waals surface area contributed by atoms with Crippen molar-refractivity contribution in [2.24, 2.45) is 0 Å². The number of rotatable bonds is 3. The number of halogens is 2. The number of aromatic nitrogens is 1. The van der Waals surface area contributed by atoms with E-state index < -0.39 is 11.6 Å². The molecular weight excluding hydrogens is 290 g/mol. The predicted molar refractivity (Wildman–Crippen MR) is 82.8 cm³/mol. The largest absolute Gasteiger partial charge is 0.378 e. The van der Waals surface area contributed by atoms with E-state index in [-0.39, 0.29) is 6.04 Å². The maximum absolute atomic E-state index is 13.3. The van der Waals surface area contributed by atoms with Gasteiger partial charge in [-0.15, -0.1) is 11.3 Å². The number of aryl methyl sites for hydroxylation is 1. The second kappa shape index (κ2) is 5.41. The normalized spacial score (nSPS) is 12.6. The summed E-state index contributed by atoms with van der Waals surface area (Å²) in [6.07, 6.45) is 0. The third-order valence-corrected chi connectivity index (χ3v) is 4.26. The molecule has 2 aromatic carbocycles. The van der Waals surface area contributed by atoms with Crippen LogP contribution in [0, 0.1) is 18.6 Å². The van der Waals surface area contributed by atoms with Gasteiger partial charge in [-0.2, -0.15) is 0 Å². The topological polar surface area (TPSA) is 24.9 Å². The quantitative estimate of drug-likeness (QED) is 0.732. The third kappa shape index (κ3) is 2.88. The van der Waals surface area contributed by atoms with Crippen LogP contribution < -0.4 is 5.32 Å². The second-order valence-electron chi connectivity index (χ2n) is 4.95. The minimum Gasteiger partial charge on any atom is -0.378 e. The van der Waals surface area contributed by atoms with Gasteiger partial charge >= 0.3 is 0 Å². The number of hydrogen-bond donors (Lipinski definition) is 1. The van der Waals surface area contributed by atoms with Gasteiger partial charge in [0.05, 0.1) is 15.2 Å². The minimum atomic E-state index is -0.826. The summed E-state index contributed by atoms with van der Waals surface area (Å²) in [5.74, 6) is -1.65. The average molecular weight is 304 g/mol. The molecule has 1 N–H and O–H groups in total. The van der Waals surface area contributed by atoms with Crippen LogP contribution in [0.1, 0.15) is 23.5 Å². The number of benzene rings is 2. The highest BCUT2D eigenvalue weighted by atomic mass is 32.1. The van der Waals surface area contributed by atoms with Crippen LogP contribution in [0.15, 0.2) is 36.4 Å². The lowest BCUT2D eigenvalue weighted by molar-refractivity contribution is 0.506. The summed E-state index contributed by atoms with van der Waals surface area (Å²) in [7, 11) is 0. The van der Waals surface area contributed by atoms with Crippen molar-refractivity contribution in [1.29, 1.82) is 0 Å². The molecule has 0 bridgehead atoms. The molecule has 0 amide bonds. The van der Waals surface area contributed by atoms with E-state index in [1.54, 1.807) is 17.4 Å². The van der Waals surface area contributed by atoms with Gasteiger partial charge in [-0.1, -0.05) is 6.07 Å². The highest BCUT2D eigenvalue weighted by Gasteiger charge is 2.10. The molecule has 1 unspecified atom stereocenters. The summed E-state index contributed by atoms with van der Waals surface area (Å²) in [6, 6.07) is 9.77. The Morgan fingerprint density at radius 2 is 1.90 bits per heavy atom. The molecule has 1 heterocycles. The number of nitrogens with zero attached hydrogens (tertiary/aromatic N) is 1. The highest BCUT2D eigenvalue weighted by Crippen LogP contribution is 2.27. The van der Waals surface area contributed by atoms with Crippen LogP contribution in [0.5, 0.6) is 0 Å². The molecule has 0 saturated carbocycles. The van der Waals surface area contributed by atoms with E-state index >= 15 is 0 Å². The maximum Gasteiger partial charge on any atom is 0.159 e. The van der Waals surface area contributed by atoms with Gasteiger partial charge in [0.1, 0.15) is 0 Å². The van der Waals surface area contributed by atoms with Crippen molar-refractivity contribution in [1.82, 2.24) is 4.98 Å². The van der Waals surface area contributed by atoms with Crippen molar-refractivity contribution in [2.75, 3.05) is 5.32 Å². The number of nitrogens with one attached hydrogen (secondary N) is 1. The van der Waals surface area contributed by atoms with E-state index in [2.05, 4.69) is 10.3 Å². The van der Waals surface area contributed by atoms with Gasteiger partial charge in [0.15, 0.2) is 11.6 Å². The lowest BCUT2D eigenvalue weighted by atomic mass is 10.1. The Bertz CT molecular complexity index is 798. The summed E-state index contributed by atoms with van der Waals surface area (Å²) in [5, 5.41) is 4.32. The Labute approximate surface area is 125 Å². The number of fused-ring (bicyclic) bond motifs is 1. The fraction of sp³-hybridized carbons (Fsp3) is 0.188. The predicted octanol–water partition coefficient (Wildman–Crippen LogP) is 5.06. The Morgan fingerprint density at radius 3 is 2.67 bits per heavy atom. The zero-order chi connectivity index (χ0) is 15.0. The lowest BCUT2D eigenvalue weighted by Gasteiger charge is -2.16. The van der Waals surface area contributed by atoms with E-state index in [9.17, 15) is 8.78 Å². The Morgan fingerprint density at radius 1 is 1.10 bits per heavy atom. The Kier molecular flexibility index (Phi) is 3.59. The van der Waals surface area contributed by atoms with Gasteiger partial charge in [-0.3, -0.25) is 0 Å². The van der Waals surface area contributed by atoms with Crippen LogP contribution in [0.3, 0.4) is 0 Å². The molecular formula is C16H14F2N2S. The van der Waals surface area contributed by atoms with Crippen LogP contribution in [0.2, 0.25) is 0 Å². The molecule has 0 aliphatic carbocycles. The molecule has 0 saturated heterocycles. The first kappa shape index (κ1) is 13.9. The fourth-order valence-corrected chi connectivity index (χ4v) is 3.11. The highest BCUT2D eigenvalue weighted by molar-refractivity contribution is 7.18. The number of thiazole rings is 1. The molecule has 0 fully saturated rings. The van der Waals surface area contributed by atoms with Crippen LogP contribution >= 0.6 is 11.3 Å². The second-order valence-corrected chi connectivity index (χ2v) is 6.19. The van der Waals surface area contributed by atoms with E-state index in [1.807, 2.05) is 32.0 Å². The molecule has 2 nitrogen and oxygen atoms in total. The van der Waals surface area contributed by atoms with Gasteiger partial charge in [-0.25, -0.2) is 13.8 Å². The Balaban J connectivity index is 1.84. The zero-order valence-electron chi connectivity index (χ0n) is 11.7. The smallest absolute Gasteiger partial charge is 0.159 e. The van der Waals surface area contributed by atoms with Crippen molar-refractivity contribution < 1.29 is 8.78 Å². The zero-order valence-corrected chi connectivity index (χ0v) is 12.5. The molecule has 1 aromatic heterocycles. The fourth-order valence-electron chi connectivity index (χ4n) is 2.24. The van der Waals surface area contributed by atoms with Crippen LogP contribution in [-0.4, -0.2) is 4.98 Å².